The quantitative estimate of drug-likeness (QED) is 0.878. The summed E-state index contributed by atoms with van der Waals surface area (Å²) in [5.41, 5.74) is 0.413. The van der Waals surface area contributed by atoms with Gasteiger partial charge in [0.25, 0.3) is 5.91 Å². The summed E-state index contributed by atoms with van der Waals surface area (Å²) in [6.45, 7) is 0.354. The first-order chi connectivity index (χ1) is 8.65. The fourth-order valence-electron chi connectivity index (χ4n) is 2.38. The van der Waals surface area contributed by atoms with Gasteiger partial charge in [0.15, 0.2) is 0 Å². The highest BCUT2D eigenvalue weighted by Gasteiger charge is 2.53. The van der Waals surface area contributed by atoms with Crippen LogP contribution in [0.2, 0.25) is 0 Å². The van der Waals surface area contributed by atoms with E-state index in [0.29, 0.717) is 37.1 Å². The van der Waals surface area contributed by atoms with Crippen LogP contribution in [-0.4, -0.2) is 23.6 Å². The number of carbonyl (C=O) groups excluding carboxylic acids is 1. The van der Waals surface area contributed by atoms with Crippen molar-refractivity contribution in [2.24, 2.45) is 0 Å². The summed E-state index contributed by atoms with van der Waals surface area (Å²) < 4.78 is 0. The standard InChI is InChI=1S/C13H13NO4/c15-11-5-8-18-14(11)10-4-2-1-3-9(10)13(6-7-13)12(16)17/h1-4H,5-8H2,(H,16,17). The Bertz CT molecular complexity index is 521. The molecule has 1 aromatic rings. The van der Waals surface area contributed by atoms with Crippen LogP contribution in [0, 0.1) is 0 Å². The molecule has 1 aromatic carbocycles. The number of carboxylic acid groups (broad SMARTS) is 1. The molecular formula is C13H13NO4. The van der Waals surface area contributed by atoms with Gasteiger partial charge in [-0.15, -0.1) is 0 Å². The Balaban J connectivity index is 2.06. The number of hydrogen-bond donors (Lipinski definition) is 1. The number of benzene rings is 1. The molecule has 2 aliphatic rings. The minimum Gasteiger partial charge on any atom is -0.481 e. The van der Waals surface area contributed by atoms with Gasteiger partial charge in [-0.05, 0) is 24.5 Å². The van der Waals surface area contributed by atoms with Crippen molar-refractivity contribution in [2.45, 2.75) is 24.7 Å². The summed E-state index contributed by atoms with van der Waals surface area (Å²) in [4.78, 5) is 28.4. The van der Waals surface area contributed by atoms with Crippen molar-refractivity contribution < 1.29 is 19.5 Å². The van der Waals surface area contributed by atoms with E-state index in [4.69, 9.17) is 4.84 Å². The van der Waals surface area contributed by atoms with Crippen LogP contribution in [0.4, 0.5) is 5.69 Å². The van der Waals surface area contributed by atoms with Gasteiger partial charge >= 0.3 is 5.97 Å². The zero-order chi connectivity index (χ0) is 12.8. The molecule has 3 rings (SSSR count). The van der Waals surface area contributed by atoms with E-state index in [9.17, 15) is 14.7 Å². The number of rotatable bonds is 3. The third-order valence-electron chi connectivity index (χ3n) is 3.56. The Labute approximate surface area is 104 Å². The number of anilines is 1. The molecule has 94 valence electrons. The van der Waals surface area contributed by atoms with Crippen molar-refractivity contribution in [3.8, 4) is 0 Å². The van der Waals surface area contributed by atoms with Crippen molar-refractivity contribution in [3.63, 3.8) is 0 Å². The van der Waals surface area contributed by atoms with E-state index in [1.807, 2.05) is 0 Å². The molecule has 18 heavy (non-hydrogen) atoms. The van der Waals surface area contributed by atoms with E-state index in [-0.39, 0.29) is 5.91 Å². The SMILES string of the molecule is O=C1CCON1c1ccccc1C1(C(=O)O)CC1. The van der Waals surface area contributed by atoms with Gasteiger partial charge in [-0.3, -0.25) is 14.4 Å². The average Bonchev–Trinajstić information content (AvgIpc) is 3.07. The first-order valence-corrected chi connectivity index (χ1v) is 5.94. The lowest BCUT2D eigenvalue weighted by atomic mass is 9.94. The second kappa shape index (κ2) is 3.81. The molecule has 0 unspecified atom stereocenters. The Hall–Kier alpha value is -1.88. The minimum absolute atomic E-state index is 0.122. The van der Waals surface area contributed by atoms with Crippen LogP contribution in [0.3, 0.4) is 0 Å². The maximum atomic E-state index is 11.7. The lowest BCUT2D eigenvalue weighted by Gasteiger charge is -2.21. The molecule has 0 atom stereocenters. The molecule has 0 spiro atoms. The summed E-state index contributed by atoms with van der Waals surface area (Å²) in [6, 6.07) is 7.08. The van der Waals surface area contributed by atoms with Crippen molar-refractivity contribution in [1.82, 2.24) is 0 Å². The van der Waals surface area contributed by atoms with Crippen LogP contribution in [-0.2, 0) is 19.8 Å². The molecule has 5 heteroatoms. The fourth-order valence-corrected chi connectivity index (χ4v) is 2.38. The van der Waals surface area contributed by atoms with Crippen LogP contribution in [0.25, 0.3) is 0 Å². The second-order valence-electron chi connectivity index (χ2n) is 4.68. The molecule has 0 aromatic heterocycles. The topological polar surface area (TPSA) is 66.8 Å². The van der Waals surface area contributed by atoms with Crippen LogP contribution in [0.5, 0.6) is 0 Å². The highest BCUT2D eigenvalue weighted by molar-refractivity contribution is 5.96. The Morgan fingerprint density at radius 1 is 1.33 bits per heavy atom. The molecule has 2 fully saturated rings. The molecule has 1 saturated heterocycles. The maximum Gasteiger partial charge on any atom is 0.314 e. The van der Waals surface area contributed by atoms with Gasteiger partial charge in [0.2, 0.25) is 0 Å². The summed E-state index contributed by atoms with van der Waals surface area (Å²) in [7, 11) is 0. The summed E-state index contributed by atoms with van der Waals surface area (Å²) >= 11 is 0. The molecule has 0 radical (unpaired) electrons. The smallest absolute Gasteiger partial charge is 0.314 e. The van der Waals surface area contributed by atoms with E-state index >= 15 is 0 Å². The molecule has 1 amide bonds. The lowest BCUT2D eigenvalue weighted by molar-refractivity contribution is -0.140. The number of para-hydroxylation sites is 1. The van der Waals surface area contributed by atoms with Crippen molar-refractivity contribution in [3.05, 3.63) is 29.8 Å². The molecule has 1 aliphatic carbocycles. The monoisotopic (exact) mass is 247 g/mol. The minimum atomic E-state index is -0.832. The molecular weight excluding hydrogens is 234 g/mol. The highest BCUT2D eigenvalue weighted by atomic mass is 16.7. The maximum absolute atomic E-state index is 11.7. The molecule has 5 nitrogen and oxygen atoms in total. The first kappa shape index (κ1) is 11.2. The molecule has 0 bridgehead atoms. The van der Waals surface area contributed by atoms with Crippen LogP contribution >= 0.6 is 0 Å². The predicted molar refractivity (Wildman–Crippen MR) is 63.0 cm³/mol. The van der Waals surface area contributed by atoms with E-state index in [0.717, 1.165) is 0 Å². The number of aliphatic carboxylic acids is 1. The van der Waals surface area contributed by atoms with E-state index in [1.165, 1.54) is 5.06 Å². The largest absolute Gasteiger partial charge is 0.481 e. The van der Waals surface area contributed by atoms with Gasteiger partial charge in [-0.2, -0.15) is 5.06 Å². The average molecular weight is 247 g/mol. The summed E-state index contributed by atoms with van der Waals surface area (Å²) in [6.07, 6.45) is 1.57. The number of carbonyl (C=O) groups is 2. The van der Waals surface area contributed by atoms with Gasteiger partial charge in [0.1, 0.15) is 0 Å². The Morgan fingerprint density at radius 2 is 2.06 bits per heavy atom. The van der Waals surface area contributed by atoms with Gasteiger partial charge < -0.3 is 5.11 Å². The normalized spacial score (nSPS) is 21.1. The zero-order valence-electron chi connectivity index (χ0n) is 9.76. The predicted octanol–water partition coefficient (Wildman–Crippen LogP) is 1.47. The van der Waals surface area contributed by atoms with Crippen molar-refractivity contribution in [2.75, 3.05) is 11.7 Å². The van der Waals surface area contributed by atoms with Gasteiger partial charge in [-0.25, -0.2) is 0 Å². The van der Waals surface area contributed by atoms with E-state index in [2.05, 4.69) is 0 Å². The highest BCUT2D eigenvalue weighted by Crippen LogP contribution is 2.51. The zero-order valence-corrected chi connectivity index (χ0v) is 9.76. The van der Waals surface area contributed by atoms with Crippen molar-refractivity contribution >= 4 is 17.6 Å². The Kier molecular flexibility index (Phi) is 2.38. The van der Waals surface area contributed by atoms with Crippen LogP contribution in [0.15, 0.2) is 24.3 Å². The lowest BCUT2D eigenvalue weighted by Crippen LogP contribution is -2.28. The molecule has 1 saturated carbocycles. The van der Waals surface area contributed by atoms with Crippen LogP contribution < -0.4 is 5.06 Å². The number of carboxylic acids is 1. The second-order valence-corrected chi connectivity index (χ2v) is 4.68. The molecule has 1 N–H and O–H groups in total. The van der Waals surface area contributed by atoms with Gasteiger partial charge in [0.05, 0.1) is 24.1 Å². The first-order valence-electron chi connectivity index (χ1n) is 5.94. The van der Waals surface area contributed by atoms with Crippen LogP contribution in [0.1, 0.15) is 24.8 Å². The third kappa shape index (κ3) is 1.51. The number of hydroxylamine groups is 1. The summed E-state index contributed by atoms with van der Waals surface area (Å²) in [5, 5.41) is 10.6. The van der Waals surface area contributed by atoms with Crippen molar-refractivity contribution in [1.29, 1.82) is 0 Å². The molecule has 1 aliphatic heterocycles. The molecule has 1 heterocycles. The third-order valence-corrected chi connectivity index (χ3v) is 3.56. The number of nitrogens with zero attached hydrogens (tertiary/aromatic N) is 1. The van der Waals surface area contributed by atoms with Gasteiger partial charge in [-0.1, -0.05) is 18.2 Å². The van der Waals surface area contributed by atoms with E-state index in [1.54, 1.807) is 24.3 Å². The fraction of sp³-hybridized carbons (Fsp3) is 0.385. The number of hydrogen-bond acceptors (Lipinski definition) is 3. The summed E-state index contributed by atoms with van der Waals surface area (Å²) in [5.74, 6) is -0.953. The van der Waals surface area contributed by atoms with Gasteiger partial charge in [0, 0.05) is 0 Å². The number of amides is 1. The Morgan fingerprint density at radius 3 is 2.61 bits per heavy atom. The van der Waals surface area contributed by atoms with E-state index < -0.39 is 11.4 Å².